The van der Waals surface area contributed by atoms with E-state index >= 15 is 0 Å². The van der Waals surface area contributed by atoms with E-state index in [1.165, 1.54) is 0 Å². The number of rotatable bonds is 19. The molecule has 47 heavy (non-hydrogen) atoms. The third-order valence-electron chi connectivity index (χ3n) is 8.16. The fraction of sp³-hybridized carbons (Fsp3) is 0.611. The smallest absolute Gasteiger partial charge is 0.251 e. The number of likely N-dealkylation sites (N-methyl/N-ethyl adjacent to an activating group) is 1. The van der Waals surface area contributed by atoms with Crippen LogP contribution in [0, 0.1) is 17.8 Å². The molecule has 11 nitrogen and oxygen atoms in total. The zero-order valence-corrected chi connectivity index (χ0v) is 29.6. The SMILES string of the molecule is CCCN(CCC)C(=O)C1=CC(C(=O)N[C@@H](CC(C)C)C(=O)C[C@@H](C)C(=O)N[C@H](C(N)=NCc2ccncc2)C(C)C)=CC(NC)C1. The van der Waals surface area contributed by atoms with Crippen molar-refractivity contribution < 1.29 is 19.2 Å². The van der Waals surface area contributed by atoms with Gasteiger partial charge in [0.15, 0.2) is 5.78 Å². The van der Waals surface area contributed by atoms with Crippen LogP contribution in [0.25, 0.3) is 0 Å². The summed E-state index contributed by atoms with van der Waals surface area (Å²) in [6.45, 7) is 15.3. The summed E-state index contributed by atoms with van der Waals surface area (Å²) in [5.41, 5.74) is 8.17. The minimum Gasteiger partial charge on any atom is -0.386 e. The van der Waals surface area contributed by atoms with Gasteiger partial charge in [-0.3, -0.25) is 29.2 Å². The van der Waals surface area contributed by atoms with Gasteiger partial charge in [-0.25, -0.2) is 0 Å². The van der Waals surface area contributed by atoms with E-state index in [9.17, 15) is 19.2 Å². The van der Waals surface area contributed by atoms with Crippen LogP contribution in [0.1, 0.15) is 86.1 Å². The van der Waals surface area contributed by atoms with Crippen LogP contribution in [-0.4, -0.2) is 77.5 Å². The number of amides is 3. The minimum absolute atomic E-state index is 0.0259. The lowest BCUT2D eigenvalue weighted by Gasteiger charge is -2.27. The Labute approximate surface area is 281 Å². The summed E-state index contributed by atoms with van der Waals surface area (Å²) in [6, 6.07) is 2.23. The Balaban J connectivity index is 2.16. The largest absolute Gasteiger partial charge is 0.386 e. The molecule has 0 radical (unpaired) electrons. The molecule has 5 N–H and O–H groups in total. The molecule has 0 aromatic carbocycles. The molecular formula is C36H57N7O4. The Kier molecular flexibility index (Phi) is 16.5. The van der Waals surface area contributed by atoms with Crippen molar-refractivity contribution in [1.29, 1.82) is 0 Å². The maximum Gasteiger partial charge on any atom is 0.251 e. The summed E-state index contributed by atoms with van der Waals surface area (Å²) in [7, 11) is 1.79. The van der Waals surface area contributed by atoms with Gasteiger partial charge in [0.05, 0.1) is 18.6 Å². The first-order chi connectivity index (χ1) is 22.3. The maximum absolute atomic E-state index is 13.6. The van der Waals surface area contributed by atoms with Crippen LogP contribution >= 0.6 is 0 Å². The molecule has 2 rings (SSSR count). The van der Waals surface area contributed by atoms with E-state index in [0.717, 1.165) is 18.4 Å². The second kappa shape index (κ2) is 19.7. The Morgan fingerprint density at radius 2 is 1.66 bits per heavy atom. The molecule has 0 saturated heterocycles. The molecule has 0 bridgehead atoms. The molecule has 0 fully saturated rings. The first kappa shape index (κ1) is 39.3. The van der Waals surface area contributed by atoms with E-state index < -0.39 is 23.9 Å². The van der Waals surface area contributed by atoms with Gasteiger partial charge in [0.2, 0.25) is 11.8 Å². The monoisotopic (exact) mass is 651 g/mol. The summed E-state index contributed by atoms with van der Waals surface area (Å²) >= 11 is 0. The highest BCUT2D eigenvalue weighted by molar-refractivity contribution is 6.03. The number of aromatic nitrogens is 1. The highest BCUT2D eigenvalue weighted by atomic mass is 16.2. The average Bonchev–Trinajstić information content (AvgIpc) is 3.04. The van der Waals surface area contributed by atoms with E-state index in [4.69, 9.17) is 5.73 Å². The fourth-order valence-corrected chi connectivity index (χ4v) is 5.51. The number of nitrogens with one attached hydrogen (secondary N) is 3. The number of carbonyl (C=O) groups excluding carboxylic acids is 4. The van der Waals surface area contributed by atoms with Gasteiger partial charge in [-0.05, 0) is 68.3 Å². The van der Waals surface area contributed by atoms with E-state index in [1.807, 2.05) is 58.6 Å². The van der Waals surface area contributed by atoms with Crippen LogP contribution < -0.4 is 21.7 Å². The summed E-state index contributed by atoms with van der Waals surface area (Å²) < 4.78 is 0. The lowest BCUT2D eigenvalue weighted by atomic mass is 9.91. The quantitative estimate of drug-likeness (QED) is 0.131. The molecular weight excluding hydrogens is 594 g/mol. The summed E-state index contributed by atoms with van der Waals surface area (Å²) in [5, 5.41) is 9.07. The molecule has 1 aromatic heterocycles. The Bertz CT molecular complexity index is 1280. The first-order valence-corrected chi connectivity index (χ1v) is 17.0. The number of hydrogen-bond acceptors (Lipinski definition) is 7. The number of nitrogens with zero attached hydrogens (tertiary/aromatic N) is 3. The van der Waals surface area contributed by atoms with Gasteiger partial charge in [-0.1, -0.05) is 54.5 Å². The number of carbonyl (C=O) groups is 4. The molecule has 0 saturated carbocycles. The second-order valence-electron chi connectivity index (χ2n) is 13.2. The zero-order valence-electron chi connectivity index (χ0n) is 29.6. The second-order valence-corrected chi connectivity index (χ2v) is 13.2. The highest BCUT2D eigenvalue weighted by Crippen LogP contribution is 2.22. The molecule has 260 valence electrons. The van der Waals surface area contributed by atoms with Crippen molar-refractivity contribution in [2.45, 2.75) is 105 Å². The van der Waals surface area contributed by atoms with Crippen molar-refractivity contribution in [3.8, 4) is 0 Å². The standard InChI is InChI=1S/C36H57N7O4/c1-9-15-43(16-10-2)36(47)28-19-27(20-29(21-28)38-8)35(46)41-30(17-23(3)4)31(44)18-25(7)34(45)42-32(24(5)6)33(37)40-22-26-11-13-39-14-12-26/h11-14,19-20,23-25,29-30,32,38H,9-10,15-18,21-22H2,1-8H3,(H2,37,40)(H,41,46)(H,42,45)/t25-,29?,30+,32+/m1/s1. The fourth-order valence-electron chi connectivity index (χ4n) is 5.51. The minimum atomic E-state index is -0.786. The van der Waals surface area contributed by atoms with Crippen LogP contribution in [0.2, 0.25) is 0 Å². The number of Topliss-reactive ketones (excluding diaryl/α,β-unsaturated/α-hetero) is 1. The van der Waals surface area contributed by atoms with Gasteiger partial charge < -0.3 is 26.6 Å². The molecule has 0 spiro atoms. The van der Waals surface area contributed by atoms with Gasteiger partial charge >= 0.3 is 0 Å². The number of ketones is 1. The number of hydrogen-bond donors (Lipinski definition) is 4. The van der Waals surface area contributed by atoms with Gasteiger partial charge in [-0.15, -0.1) is 0 Å². The molecule has 1 aliphatic carbocycles. The topological polar surface area (TPSA) is 159 Å². The Hall–Kier alpha value is -3.86. The number of pyridine rings is 1. The summed E-state index contributed by atoms with van der Waals surface area (Å²) in [5.74, 6) is -1.27. The van der Waals surface area contributed by atoms with Crippen molar-refractivity contribution in [1.82, 2.24) is 25.8 Å². The average molecular weight is 652 g/mol. The van der Waals surface area contributed by atoms with E-state index in [0.29, 0.717) is 49.5 Å². The molecule has 3 amide bonds. The molecule has 4 atom stereocenters. The van der Waals surface area contributed by atoms with E-state index in [1.54, 1.807) is 38.5 Å². The van der Waals surface area contributed by atoms with Gasteiger partial charge in [-0.2, -0.15) is 0 Å². The Morgan fingerprint density at radius 1 is 1.02 bits per heavy atom. The summed E-state index contributed by atoms with van der Waals surface area (Å²) in [4.78, 5) is 64.2. The Morgan fingerprint density at radius 3 is 2.21 bits per heavy atom. The zero-order chi connectivity index (χ0) is 35.1. The normalized spacial score (nSPS) is 17.0. The third kappa shape index (κ3) is 12.7. The van der Waals surface area contributed by atoms with E-state index in [-0.39, 0.29) is 41.9 Å². The van der Waals surface area contributed by atoms with Crippen LogP contribution in [0.5, 0.6) is 0 Å². The highest BCUT2D eigenvalue weighted by Gasteiger charge is 2.30. The molecule has 1 aromatic rings. The van der Waals surface area contributed by atoms with Crippen LogP contribution in [-0.2, 0) is 25.7 Å². The first-order valence-electron chi connectivity index (χ1n) is 17.0. The number of nitrogens with two attached hydrogens (primary N) is 1. The predicted molar refractivity (Wildman–Crippen MR) is 187 cm³/mol. The van der Waals surface area contributed by atoms with Crippen molar-refractivity contribution in [3.63, 3.8) is 0 Å². The van der Waals surface area contributed by atoms with Crippen molar-refractivity contribution in [3.05, 3.63) is 53.4 Å². The van der Waals surface area contributed by atoms with Crippen molar-refractivity contribution >= 4 is 29.3 Å². The van der Waals surface area contributed by atoms with Crippen molar-refractivity contribution in [2.24, 2.45) is 28.5 Å². The maximum atomic E-state index is 13.6. The molecule has 1 aliphatic rings. The lowest BCUT2D eigenvalue weighted by molar-refractivity contribution is -0.131. The lowest BCUT2D eigenvalue weighted by Crippen LogP contribution is -2.50. The molecule has 1 unspecified atom stereocenters. The predicted octanol–water partition coefficient (Wildman–Crippen LogP) is 3.70. The summed E-state index contributed by atoms with van der Waals surface area (Å²) in [6.07, 6.45) is 9.37. The number of amidine groups is 1. The van der Waals surface area contributed by atoms with Crippen LogP contribution in [0.15, 0.2) is 52.8 Å². The number of aliphatic imine (C=N–C) groups is 1. The molecule has 1 heterocycles. The van der Waals surface area contributed by atoms with E-state index in [2.05, 4.69) is 25.9 Å². The van der Waals surface area contributed by atoms with Gasteiger partial charge in [0.25, 0.3) is 5.91 Å². The van der Waals surface area contributed by atoms with Gasteiger partial charge in [0.1, 0.15) is 5.84 Å². The van der Waals surface area contributed by atoms with Crippen LogP contribution in [0.4, 0.5) is 0 Å². The molecule has 11 heteroatoms. The molecule has 0 aliphatic heterocycles. The van der Waals surface area contributed by atoms with Crippen molar-refractivity contribution in [2.75, 3.05) is 20.1 Å². The van der Waals surface area contributed by atoms with Crippen LogP contribution in [0.3, 0.4) is 0 Å². The van der Waals surface area contributed by atoms with Gasteiger partial charge in [0, 0.05) is 55.0 Å². The third-order valence-corrected chi connectivity index (χ3v) is 8.16.